The van der Waals surface area contributed by atoms with Crippen molar-refractivity contribution in [3.8, 4) is 0 Å². The number of carbonyl (C=O) groups excluding carboxylic acids is 1. The number of benzene rings is 1. The first-order chi connectivity index (χ1) is 8.15. The van der Waals surface area contributed by atoms with Crippen LogP contribution >= 0.6 is 15.9 Å². The first-order valence-corrected chi connectivity index (χ1v) is 7.04. The molecule has 1 aliphatic carbocycles. The standard InChI is InChI=1S/C14H18BrNO/c1-11(15)7-10-16-13(17)14(8-9-14)12-5-3-2-4-6-12/h2-6,11H,7-10H2,1H3,(H,16,17). The molecule has 1 N–H and O–H groups in total. The van der Waals surface area contributed by atoms with Crippen LogP contribution in [0.25, 0.3) is 0 Å². The molecule has 0 bridgehead atoms. The number of hydrogen-bond acceptors (Lipinski definition) is 1. The molecule has 17 heavy (non-hydrogen) atoms. The van der Waals surface area contributed by atoms with Crippen molar-refractivity contribution in [1.82, 2.24) is 5.32 Å². The zero-order valence-corrected chi connectivity index (χ0v) is 11.7. The summed E-state index contributed by atoms with van der Waals surface area (Å²) in [4.78, 5) is 12.6. The van der Waals surface area contributed by atoms with Crippen molar-refractivity contribution in [2.75, 3.05) is 6.54 Å². The van der Waals surface area contributed by atoms with Crippen molar-refractivity contribution in [1.29, 1.82) is 0 Å². The lowest BCUT2D eigenvalue weighted by atomic mass is 9.95. The Labute approximate surface area is 111 Å². The van der Waals surface area contributed by atoms with Crippen LogP contribution in [0.5, 0.6) is 0 Å². The third-order valence-electron chi connectivity index (χ3n) is 3.34. The first kappa shape index (κ1) is 12.6. The normalized spacial score (nSPS) is 18.5. The molecule has 1 atom stereocenters. The highest BCUT2D eigenvalue weighted by Gasteiger charge is 2.50. The van der Waals surface area contributed by atoms with Crippen LogP contribution in [0.3, 0.4) is 0 Å². The van der Waals surface area contributed by atoms with Gasteiger partial charge < -0.3 is 5.32 Å². The Kier molecular flexibility index (Phi) is 3.87. The molecule has 0 spiro atoms. The van der Waals surface area contributed by atoms with Gasteiger partial charge in [0.05, 0.1) is 5.41 Å². The molecule has 1 saturated carbocycles. The summed E-state index contributed by atoms with van der Waals surface area (Å²) in [5, 5.41) is 3.05. The maximum absolute atomic E-state index is 12.2. The molecule has 1 aromatic carbocycles. The third-order valence-corrected chi connectivity index (χ3v) is 3.80. The van der Waals surface area contributed by atoms with E-state index in [4.69, 9.17) is 0 Å². The summed E-state index contributed by atoms with van der Waals surface area (Å²) in [5.41, 5.74) is 0.931. The predicted molar refractivity (Wildman–Crippen MR) is 73.4 cm³/mol. The molecule has 3 heteroatoms. The van der Waals surface area contributed by atoms with Crippen LogP contribution in [0.15, 0.2) is 30.3 Å². The smallest absolute Gasteiger partial charge is 0.230 e. The van der Waals surface area contributed by atoms with Crippen molar-refractivity contribution in [3.63, 3.8) is 0 Å². The van der Waals surface area contributed by atoms with Crippen LogP contribution in [0.1, 0.15) is 31.7 Å². The number of alkyl halides is 1. The summed E-state index contributed by atoms with van der Waals surface area (Å²) < 4.78 is 0. The lowest BCUT2D eigenvalue weighted by Gasteiger charge is -2.16. The molecule has 0 saturated heterocycles. The summed E-state index contributed by atoms with van der Waals surface area (Å²) in [6, 6.07) is 10.1. The second-order valence-corrected chi connectivity index (χ2v) is 6.34. The van der Waals surface area contributed by atoms with E-state index in [0.717, 1.165) is 31.4 Å². The summed E-state index contributed by atoms with van der Waals surface area (Å²) in [5.74, 6) is 0.192. The number of hydrogen-bond donors (Lipinski definition) is 1. The summed E-state index contributed by atoms with van der Waals surface area (Å²) in [6.45, 7) is 2.84. The predicted octanol–water partition coefficient (Wildman–Crippen LogP) is 3.01. The van der Waals surface area contributed by atoms with E-state index >= 15 is 0 Å². The van der Waals surface area contributed by atoms with Gasteiger partial charge in [-0.15, -0.1) is 0 Å². The van der Waals surface area contributed by atoms with Gasteiger partial charge in [0.25, 0.3) is 0 Å². The second-order valence-electron chi connectivity index (χ2n) is 4.77. The topological polar surface area (TPSA) is 29.1 Å². The second kappa shape index (κ2) is 5.21. The largest absolute Gasteiger partial charge is 0.355 e. The van der Waals surface area contributed by atoms with E-state index in [2.05, 4.69) is 40.3 Å². The molecule has 92 valence electrons. The van der Waals surface area contributed by atoms with E-state index in [1.165, 1.54) is 0 Å². The SMILES string of the molecule is CC(Br)CCNC(=O)C1(c2ccccc2)CC1. The van der Waals surface area contributed by atoms with Crippen LogP contribution in [0, 0.1) is 0 Å². The fraction of sp³-hybridized carbons (Fsp3) is 0.500. The van der Waals surface area contributed by atoms with E-state index in [0.29, 0.717) is 4.83 Å². The van der Waals surface area contributed by atoms with Gasteiger partial charge in [-0.1, -0.05) is 53.2 Å². The molecular weight excluding hydrogens is 278 g/mol. The van der Waals surface area contributed by atoms with Gasteiger partial charge in [-0.2, -0.15) is 0 Å². The summed E-state index contributed by atoms with van der Waals surface area (Å²) in [7, 11) is 0. The molecule has 0 aromatic heterocycles. The van der Waals surface area contributed by atoms with Crippen LogP contribution in [-0.2, 0) is 10.2 Å². The average molecular weight is 296 g/mol. The van der Waals surface area contributed by atoms with E-state index in [-0.39, 0.29) is 11.3 Å². The Hall–Kier alpha value is -0.830. The minimum atomic E-state index is -0.225. The van der Waals surface area contributed by atoms with E-state index in [1.54, 1.807) is 0 Å². The lowest BCUT2D eigenvalue weighted by molar-refractivity contribution is -0.123. The van der Waals surface area contributed by atoms with Crippen molar-refractivity contribution in [2.24, 2.45) is 0 Å². The molecular formula is C14H18BrNO. The van der Waals surface area contributed by atoms with Gasteiger partial charge in [0.2, 0.25) is 5.91 Å². The van der Waals surface area contributed by atoms with Crippen LogP contribution in [0.2, 0.25) is 0 Å². The Bertz CT molecular complexity index is 384. The van der Waals surface area contributed by atoms with Gasteiger partial charge in [0.1, 0.15) is 0 Å². The molecule has 1 aliphatic rings. The molecule has 1 unspecified atom stereocenters. The van der Waals surface area contributed by atoms with Gasteiger partial charge in [0.15, 0.2) is 0 Å². The van der Waals surface area contributed by atoms with Crippen molar-refractivity contribution >= 4 is 21.8 Å². The Morgan fingerprint density at radius 1 is 1.41 bits per heavy atom. The van der Waals surface area contributed by atoms with E-state index in [1.807, 2.05) is 18.2 Å². The number of halogens is 1. The lowest BCUT2D eigenvalue weighted by Crippen LogP contribution is -2.35. The minimum Gasteiger partial charge on any atom is -0.355 e. The number of amides is 1. The van der Waals surface area contributed by atoms with Crippen molar-refractivity contribution in [2.45, 2.75) is 36.4 Å². The molecule has 0 radical (unpaired) electrons. The highest BCUT2D eigenvalue weighted by Crippen LogP contribution is 2.48. The molecule has 1 fully saturated rings. The molecule has 1 aromatic rings. The molecule has 0 heterocycles. The molecule has 2 rings (SSSR count). The first-order valence-electron chi connectivity index (χ1n) is 6.13. The van der Waals surface area contributed by atoms with E-state index in [9.17, 15) is 4.79 Å². The zero-order valence-electron chi connectivity index (χ0n) is 10.1. The highest BCUT2D eigenvalue weighted by molar-refractivity contribution is 9.09. The van der Waals surface area contributed by atoms with Gasteiger partial charge in [-0.25, -0.2) is 0 Å². The average Bonchev–Trinajstić information content (AvgIpc) is 3.11. The fourth-order valence-electron chi connectivity index (χ4n) is 2.08. The quantitative estimate of drug-likeness (QED) is 0.832. The van der Waals surface area contributed by atoms with Crippen molar-refractivity contribution in [3.05, 3.63) is 35.9 Å². The third kappa shape index (κ3) is 2.89. The maximum Gasteiger partial charge on any atom is 0.230 e. The number of carbonyl (C=O) groups is 1. The highest BCUT2D eigenvalue weighted by atomic mass is 79.9. The maximum atomic E-state index is 12.2. The van der Waals surface area contributed by atoms with Gasteiger partial charge >= 0.3 is 0 Å². The van der Waals surface area contributed by atoms with Gasteiger partial charge in [0, 0.05) is 11.4 Å². The van der Waals surface area contributed by atoms with Gasteiger partial charge in [-0.3, -0.25) is 4.79 Å². The molecule has 0 aliphatic heterocycles. The van der Waals surface area contributed by atoms with Crippen LogP contribution < -0.4 is 5.32 Å². The summed E-state index contributed by atoms with van der Waals surface area (Å²) in [6.07, 6.45) is 2.93. The van der Waals surface area contributed by atoms with Crippen LogP contribution in [-0.4, -0.2) is 17.3 Å². The van der Waals surface area contributed by atoms with Gasteiger partial charge in [-0.05, 0) is 24.8 Å². The Balaban J connectivity index is 1.95. The summed E-state index contributed by atoms with van der Waals surface area (Å²) >= 11 is 3.48. The Morgan fingerprint density at radius 3 is 2.59 bits per heavy atom. The van der Waals surface area contributed by atoms with Crippen molar-refractivity contribution < 1.29 is 4.79 Å². The van der Waals surface area contributed by atoms with E-state index < -0.39 is 0 Å². The minimum absolute atomic E-state index is 0.192. The zero-order chi connectivity index (χ0) is 12.3. The van der Waals surface area contributed by atoms with Crippen LogP contribution in [0.4, 0.5) is 0 Å². The number of nitrogens with one attached hydrogen (secondary N) is 1. The fourth-order valence-corrected chi connectivity index (χ4v) is 2.31. The molecule has 1 amide bonds. The number of rotatable bonds is 5. The molecule has 2 nitrogen and oxygen atoms in total. The Morgan fingerprint density at radius 2 is 2.06 bits per heavy atom. The monoisotopic (exact) mass is 295 g/mol.